The first-order chi connectivity index (χ1) is 10.7. The monoisotopic (exact) mass is 310 g/mol. The van der Waals surface area contributed by atoms with Crippen LogP contribution >= 0.6 is 11.8 Å². The highest BCUT2D eigenvalue weighted by Gasteiger charge is 2.06. The maximum atomic E-state index is 11.0. The lowest BCUT2D eigenvalue weighted by Crippen LogP contribution is -2.10. The maximum absolute atomic E-state index is 11.0. The van der Waals surface area contributed by atoms with E-state index in [2.05, 4.69) is 15.2 Å². The van der Waals surface area contributed by atoms with E-state index in [1.807, 2.05) is 42.5 Å². The highest BCUT2D eigenvalue weighted by Crippen LogP contribution is 2.22. The van der Waals surface area contributed by atoms with Crippen molar-refractivity contribution in [2.75, 3.05) is 0 Å². The highest BCUT2D eigenvalue weighted by atomic mass is 32.2. The molecule has 0 unspecified atom stereocenters. The summed E-state index contributed by atoms with van der Waals surface area (Å²) in [7, 11) is 0. The van der Waals surface area contributed by atoms with Gasteiger partial charge in [-0.05, 0) is 17.7 Å². The first-order valence-corrected chi connectivity index (χ1v) is 7.70. The molecule has 0 saturated carbocycles. The van der Waals surface area contributed by atoms with Crippen molar-refractivity contribution < 1.29 is 4.79 Å². The minimum absolute atomic E-state index is 0.416. The molecule has 1 aromatic heterocycles. The molecule has 3 N–H and O–H groups in total. The number of rotatable bonds is 5. The summed E-state index contributed by atoms with van der Waals surface area (Å²) in [6.07, 6.45) is 0. The molecule has 110 valence electrons. The molecule has 5 nitrogen and oxygen atoms in total. The van der Waals surface area contributed by atoms with Gasteiger partial charge in [0.05, 0.1) is 0 Å². The van der Waals surface area contributed by atoms with E-state index in [1.165, 1.54) is 11.8 Å². The second kappa shape index (κ2) is 6.44. The first-order valence-electron chi connectivity index (χ1n) is 6.72. The number of benzene rings is 2. The second-order valence-corrected chi connectivity index (χ2v) is 5.62. The van der Waals surface area contributed by atoms with Crippen LogP contribution in [0, 0.1) is 0 Å². The van der Waals surface area contributed by atoms with Crippen molar-refractivity contribution in [1.82, 2.24) is 15.2 Å². The normalized spacial score (nSPS) is 10.5. The molecule has 0 atom stereocenters. The van der Waals surface area contributed by atoms with Crippen LogP contribution in [0.3, 0.4) is 0 Å². The predicted octanol–water partition coefficient (Wildman–Crippen LogP) is 2.86. The van der Waals surface area contributed by atoms with E-state index >= 15 is 0 Å². The van der Waals surface area contributed by atoms with Crippen LogP contribution in [0.1, 0.15) is 15.9 Å². The van der Waals surface area contributed by atoms with E-state index in [1.54, 1.807) is 12.1 Å². The minimum Gasteiger partial charge on any atom is -0.366 e. The predicted molar refractivity (Wildman–Crippen MR) is 86.3 cm³/mol. The van der Waals surface area contributed by atoms with E-state index in [-0.39, 0.29) is 0 Å². The van der Waals surface area contributed by atoms with Gasteiger partial charge >= 0.3 is 0 Å². The molecule has 1 heterocycles. The van der Waals surface area contributed by atoms with Gasteiger partial charge in [-0.3, -0.25) is 9.89 Å². The third kappa shape index (κ3) is 3.35. The first kappa shape index (κ1) is 14.3. The zero-order valence-corrected chi connectivity index (χ0v) is 12.5. The molecule has 3 aromatic rings. The number of H-pyrrole nitrogens is 1. The lowest BCUT2D eigenvalue weighted by molar-refractivity contribution is 0.100. The van der Waals surface area contributed by atoms with Crippen LogP contribution < -0.4 is 5.73 Å². The molecule has 6 heteroatoms. The Hall–Kier alpha value is -2.60. The number of aromatic amines is 1. The van der Waals surface area contributed by atoms with Gasteiger partial charge in [0.2, 0.25) is 11.1 Å². The number of aromatic nitrogens is 3. The van der Waals surface area contributed by atoms with Crippen LogP contribution in [0.4, 0.5) is 0 Å². The minimum atomic E-state index is -0.416. The maximum Gasteiger partial charge on any atom is 0.248 e. The van der Waals surface area contributed by atoms with Crippen molar-refractivity contribution in [2.45, 2.75) is 10.9 Å². The largest absolute Gasteiger partial charge is 0.366 e. The molecular weight excluding hydrogens is 296 g/mol. The average molecular weight is 310 g/mol. The van der Waals surface area contributed by atoms with Crippen molar-refractivity contribution in [3.8, 4) is 11.4 Å². The molecule has 0 fully saturated rings. The van der Waals surface area contributed by atoms with Crippen LogP contribution in [0.15, 0.2) is 59.8 Å². The molecule has 22 heavy (non-hydrogen) atoms. The second-order valence-electron chi connectivity index (χ2n) is 4.68. The fourth-order valence-electron chi connectivity index (χ4n) is 1.95. The number of thioether (sulfide) groups is 1. The summed E-state index contributed by atoms with van der Waals surface area (Å²) in [6.45, 7) is 0. The van der Waals surface area contributed by atoms with Gasteiger partial charge in [0.1, 0.15) is 0 Å². The van der Waals surface area contributed by atoms with E-state index < -0.39 is 5.91 Å². The van der Waals surface area contributed by atoms with Crippen LogP contribution in [-0.2, 0) is 5.75 Å². The van der Waals surface area contributed by atoms with Crippen LogP contribution in [-0.4, -0.2) is 21.1 Å². The Morgan fingerprint density at radius 2 is 1.82 bits per heavy atom. The van der Waals surface area contributed by atoms with Crippen molar-refractivity contribution in [1.29, 1.82) is 0 Å². The standard InChI is InChI=1S/C16H14N4OS/c17-14(21)12-8-6-11(7-9-12)10-22-16-18-15(19-20-16)13-4-2-1-3-5-13/h1-9H,10H2,(H2,17,21)(H,18,19,20). The van der Waals surface area contributed by atoms with Gasteiger partial charge in [-0.15, -0.1) is 5.10 Å². The van der Waals surface area contributed by atoms with Gasteiger partial charge in [0, 0.05) is 16.9 Å². The average Bonchev–Trinajstić information content (AvgIpc) is 3.03. The van der Waals surface area contributed by atoms with Gasteiger partial charge in [-0.2, -0.15) is 0 Å². The molecule has 0 aliphatic carbocycles. The fourth-order valence-corrected chi connectivity index (χ4v) is 2.70. The zero-order chi connectivity index (χ0) is 15.4. The number of nitrogens with two attached hydrogens (primary N) is 1. The Balaban J connectivity index is 1.65. The smallest absolute Gasteiger partial charge is 0.248 e. The Morgan fingerprint density at radius 1 is 1.09 bits per heavy atom. The lowest BCUT2D eigenvalue weighted by Gasteiger charge is -2.00. The van der Waals surface area contributed by atoms with Crippen LogP contribution in [0.25, 0.3) is 11.4 Å². The Bertz CT molecular complexity index is 768. The number of amides is 1. The van der Waals surface area contributed by atoms with Crippen molar-refractivity contribution in [2.24, 2.45) is 5.73 Å². The third-order valence-corrected chi connectivity index (χ3v) is 4.04. The van der Waals surface area contributed by atoms with Crippen molar-refractivity contribution in [3.05, 3.63) is 65.7 Å². The van der Waals surface area contributed by atoms with Gasteiger partial charge in [0.15, 0.2) is 5.82 Å². The summed E-state index contributed by atoms with van der Waals surface area (Å²) >= 11 is 1.53. The molecule has 1 amide bonds. The van der Waals surface area contributed by atoms with Gasteiger partial charge in [-0.1, -0.05) is 54.2 Å². The van der Waals surface area contributed by atoms with E-state index in [0.717, 1.165) is 22.7 Å². The summed E-state index contributed by atoms with van der Waals surface area (Å²) in [6, 6.07) is 17.1. The SMILES string of the molecule is NC(=O)c1ccc(CSc2n[nH]c(-c3ccccc3)n2)cc1. The van der Waals surface area contributed by atoms with Crippen molar-refractivity contribution >= 4 is 17.7 Å². The quantitative estimate of drug-likeness (QED) is 0.710. The third-order valence-electron chi connectivity index (χ3n) is 3.12. The van der Waals surface area contributed by atoms with Gasteiger partial charge in [0.25, 0.3) is 0 Å². The Morgan fingerprint density at radius 3 is 2.50 bits per heavy atom. The van der Waals surface area contributed by atoms with Crippen molar-refractivity contribution in [3.63, 3.8) is 0 Å². The Labute approximate surface area is 132 Å². The number of carbonyl (C=O) groups excluding carboxylic acids is 1. The summed E-state index contributed by atoms with van der Waals surface area (Å²) in [5, 5.41) is 7.84. The van der Waals surface area contributed by atoms with Gasteiger partial charge < -0.3 is 5.73 Å². The topological polar surface area (TPSA) is 84.7 Å². The number of nitrogens with one attached hydrogen (secondary N) is 1. The zero-order valence-electron chi connectivity index (χ0n) is 11.7. The molecular formula is C16H14N4OS. The molecule has 0 radical (unpaired) electrons. The number of primary amides is 1. The van der Waals surface area contributed by atoms with E-state index in [9.17, 15) is 4.79 Å². The van der Waals surface area contributed by atoms with Gasteiger partial charge in [-0.25, -0.2) is 4.98 Å². The van der Waals surface area contributed by atoms with E-state index in [0.29, 0.717) is 10.7 Å². The highest BCUT2D eigenvalue weighted by molar-refractivity contribution is 7.98. The summed E-state index contributed by atoms with van der Waals surface area (Å²) in [5.74, 6) is 1.07. The molecule has 0 bridgehead atoms. The summed E-state index contributed by atoms with van der Waals surface area (Å²) in [4.78, 5) is 15.5. The van der Waals surface area contributed by atoms with Crippen LogP contribution in [0.2, 0.25) is 0 Å². The fraction of sp³-hybridized carbons (Fsp3) is 0.0625. The summed E-state index contributed by atoms with van der Waals surface area (Å²) in [5.41, 5.74) is 7.82. The van der Waals surface area contributed by atoms with Crippen LogP contribution in [0.5, 0.6) is 0 Å². The molecule has 0 aliphatic heterocycles. The summed E-state index contributed by atoms with van der Waals surface area (Å²) < 4.78 is 0. The number of hydrogen-bond donors (Lipinski definition) is 2. The van der Waals surface area contributed by atoms with E-state index in [4.69, 9.17) is 5.73 Å². The molecule has 3 rings (SSSR count). The molecule has 0 spiro atoms. The molecule has 0 saturated heterocycles. The number of hydrogen-bond acceptors (Lipinski definition) is 4. The lowest BCUT2D eigenvalue weighted by atomic mass is 10.1. The number of nitrogens with zero attached hydrogens (tertiary/aromatic N) is 2. The number of carbonyl (C=O) groups is 1. The molecule has 2 aromatic carbocycles. The molecule has 0 aliphatic rings. The Kier molecular flexibility index (Phi) is 4.20.